The molecule has 1 saturated heterocycles. The molecule has 156 valence electrons. The van der Waals surface area contributed by atoms with E-state index in [1.807, 2.05) is 19.2 Å². The fourth-order valence-corrected chi connectivity index (χ4v) is 3.64. The highest BCUT2D eigenvalue weighted by Crippen LogP contribution is 2.19. The lowest BCUT2D eigenvalue weighted by atomic mass is 9.95. The zero-order valence-electron chi connectivity index (χ0n) is 16.9. The molecule has 1 amide bonds. The van der Waals surface area contributed by atoms with Crippen molar-refractivity contribution in [2.75, 3.05) is 26.2 Å². The first kappa shape index (κ1) is 20.8. The van der Waals surface area contributed by atoms with Crippen molar-refractivity contribution < 1.29 is 9.18 Å². The Labute approximate surface area is 170 Å². The summed E-state index contributed by atoms with van der Waals surface area (Å²) in [6, 6.07) is 8.20. The van der Waals surface area contributed by atoms with Crippen molar-refractivity contribution in [3.63, 3.8) is 0 Å². The predicted molar refractivity (Wildman–Crippen MR) is 111 cm³/mol. The van der Waals surface area contributed by atoms with Gasteiger partial charge in [-0.15, -0.1) is 0 Å². The van der Waals surface area contributed by atoms with Crippen molar-refractivity contribution >= 4 is 11.9 Å². The molecule has 29 heavy (non-hydrogen) atoms. The number of carbonyl (C=O) groups excluding carboxylic acids is 1. The number of hydrogen-bond acceptors (Lipinski definition) is 3. The summed E-state index contributed by atoms with van der Waals surface area (Å²) < 4.78 is 14.8. The molecule has 2 aromatic rings. The number of nitrogens with two attached hydrogens (primary N) is 1. The van der Waals surface area contributed by atoms with E-state index in [0.717, 1.165) is 49.8 Å². The summed E-state index contributed by atoms with van der Waals surface area (Å²) in [7, 11) is 0. The Bertz CT molecular complexity index is 832. The van der Waals surface area contributed by atoms with E-state index in [4.69, 9.17) is 10.7 Å². The summed E-state index contributed by atoms with van der Waals surface area (Å²) in [4.78, 5) is 18.2. The molecule has 8 heteroatoms. The molecule has 1 aliphatic rings. The first-order chi connectivity index (χ1) is 14.0. The molecule has 7 nitrogen and oxygen atoms in total. The fourth-order valence-electron chi connectivity index (χ4n) is 3.64. The van der Waals surface area contributed by atoms with Crippen LogP contribution in [0.2, 0.25) is 0 Å². The van der Waals surface area contributed by atoms with Crippen LogP contribution in [0.15, 0.2) is 41.5 Å². The molecule has 0 bridgehead atoms. The maximum Gasteiger partial charge on any atom is 0.217 e. The quantitative estimate of drug-likeness (QED) is 0.550. The second-order valence-corrected chi connectivity index (χ2v) is 7.34. The molecule has 1 atom stereocenters. The van der Waals surface area contributed by atoms with Crippen LogP contribution >= 0.6 is 0 Å². The van der Waals surface area contributed by atoms with Crippen molar-refractivity contribution in [3.05, 3.63) is 48.0 Å². The van der Waals surface area contributed by atoms with E-state index in [9.17, 15) is 9.18 Å². The van der Waals surface area contributed by atoms with Crippen molar-refractivity contribution in [3.8, 4) is 5.69 Å². The summed E-state index contributed by atoms with van der Waals surface area (Å²) in [5, 5.41) is 7.90. The van der Waals surface area contributed by atoms with E-state index >= 15 is 0 Å². The summed E-state index contributed by atoms with van der Waals surface area (Å²) in [6.07, 6.45) is 5.07. The number of amides is 1. The Kier molecular flexibility index (Phi) is 7.21. The number of halogens is 1. The molecule has 1 fully saturated rings. The highest BCUT2D eigenvalue weighted by atomic mass is 19.1. The molecule has 1 aliphatic heterocycles. The number of carbonyl (C=O) groups is 1. The molecular weight excluding hydrogens is 371 g/mol. The summed E-state index contributed by atoms with van der Waals surface area (Å²) in [5.74, 6) is 0.661. The zero-order chi connectivity index (χ0) is 20.6. The third-order valence-electron chi connectivity index (χ3n) is 5.01. The molecule has 0 spiro atoms. The van der Waals surface area contributed by atoms with Crippen molar-refractivity contribution in [1.29, 1.82) is 0 Å². The Morgan fingerprint density at radius 3 is 2.86 bits per heavy atom. The Morgan fingerprint density at radius 2 is 2.14 bits per heavy atom. The Balaban J connectivity index is 1.59. The highest BCUT2D eigenvalue weighted by Gasteiger charge is 2.23. The lowest BCUT2D eigenvalue weighted by molar-refractivity contribution is -0.119. The van der Waals surface area contributed by atoms with E-state index in [2.05, 4.69) is 15.3 Å². The first-order valence-corrected chi connectivity index (χ1v) is 10.2. The standard InChI is InChI=1S/C21H29FN6O/c1-2-24-21(27-12-3-4-16(15-27)14-20(23)29)25-11-9-18-10-13-28(26-18)19-7-5-17(22)6-8-19/h5-8,10,13,16H,2-4,9,11-12,14-15H2,1H3,(H2,23,29)(H,24,25). The molecule has 0 aliphatic carbocycles. The van der Waals surface area contributed by atoms with Gasteiger partial charge >= 0.3 is 0 Å². The van der Waals surface area contributed by atoms with Crippen LogP contribution in [0.5, 0.6) is 0 Å². The van der Waals surface area contributed by atoms with Gasteiger partial charge in [0.15, 0.2) is 5.96 Å². The molecule has 1 unspecified atom stereocenters. The first-order valence-electron chi connectivity index (χ1n) is 10.2. The van der Waals surface area contributed by atoms with Crippen LogP contribution in [0.25, 0.3) is 5.69 Å². The van der Waals surface area contributed by atoms with Crippen LogP contribution in [0, 0.1) is 11.7 Å². The number of hydrogen-bond donors (Lipinski definition) is 2. The maximum absolute atomic E-state index is 13.1. The van der Waals surface area contributed by atoms with Crippen LogP contribution < -0.4 is 11.1 Å². The minimum atomic E-state index is -0.262. The van der Waals surface area contributed by atoms with Crippen molar-refractivity contribution in [2.24, 2.45) is 16.6 Å². The van der Waals surface area contributed by atoms with Gasteiger partial charge in [-0.3, -0.25) is 9.79 Å². The van der Waals surface area contributed by atoms with E-state index in [1.54, 1.807) is 16.8 Å². The number of piperidine rings is 1. The predicted octanol–water partition coefficient (Wildman–Crippen LogP) is 2.11. The smallest absolute Gasteiger partial charge is 0.217 e. The van der Waals surface area contributed by atoms with Crippen LogP contribution in [0.4, 0.5) is 4.39 Å². The molecule has 3 N–H and O–H groups in total. The number of rotatable bonds is 7. The van der Waals surface area contributed by atoms with Gasteiger partial charge in [0.2, 0.25) is 5.91 Å². The van der Waals surface area contributed by atoms with Gasteiger partial charge in [0.05, 0.1) is 11.4 Å². The largest absolute Gasteiger partial charge is 0.370 e. The van der Waals surface area contributed by atoms with E-state index in [0.29, 0.717) is 19.4 Å². The fraction of sp³-hybridized carbons (Fsp3) is 0.476. The highest BCUT2D eigenvalue weighted by molar-refractivity contribution is 5.80. The third kappa shape index (κ3) is 6.04. The summed E-state index contributed by atoms with van der Waals surface area (Å²) >= 11 is 0. The molecule has 2 heterocycles. The number of primary amides is 1. The van der Waals surface area contributed by atoms with Gasteiger partial charge in [-0.2, -0.15) is 5.10 Å². The van der Waals surface area contributed by atoms with Crippen LogP contribution in [0.3, 0.4) is 0 Å². The number of aromatic nitrogens is 2. The maximum atomic E-state index is 13.1. The normalized spacial score (nSPS) is 17.4. The van der Waals surface area contributed by atoms with E-state index in [1.165, 1.54) is 12.1 Å². The minimum absolute atomic E-state index is 0.240. The lowest BCUT2D eigenvalue weighted by Gasteiger charge is -2.34. The molecule has 0 saturated carbocycles. The van der Waals surface area contributed by atoms with Gasteiger partial charge in [-0.25, -0.2) is 9.07 Å². The van der Waals surface area contributed by atoms with Gasteiger partial charge in [-0.1, -0.05) is 0 Å². The number of likely N-dealkylation sites (tertiary alicyclic amines) is 1. The molecule has 1 aromatic heterocycles. The second kappa shape index (κ2) is 10.0. The van der Waals surface area contributed by atoms with E-state index < -0.39 is 0 Å². The number of benzene rings is 1. The van der Waals surface area contributed by atoms with Gasteiger partial charge in [-0.05, 0) is 56.0 Å². The SMILES string of the molecule is CCNC(=NCCc1ccn(-c2ccc(F)cc2)n1)N1CCCC(CC(N)=O)C1. The average Bonchev–Trinajstić information content (AvgIpc) is 3.16. The number of nitrogens with one attached hydrogen (secondary N) is 1. The topological polar surface area (TPSA) is 88.5 Å². The number of guanidine groups is 1. The van der Waals surface area contributed by atoms with E-state index in [-0.39, 0.29) is 17.6 Å². The van der Waals surface area contributed by atoms with Gasteiger partial charge in [0.1, 0.15) is 5.82 Å². The number of aliphatic imine (C=N–C) groups is 1. The molecular formula is C21H29FN6O. The third-order valence-corrected chi connectivity index (χ3v) is 5.01. The zero-order valence-corrected chi connectivity index (χ0v) is 16.9. The summed E-state index contributed by atoms with van der Waals surface area (Å²) in [6.45, 7) is 5.17. The molecule has 1 aromatic carbocycles. The molecule has 3 rings (SSSR count). The average molecular weight is 401 g/mol. The van der Waals surface area contributed by atoms with Crippen LogP contribution in [-0.4, -0.2) is 52.7 Å². The van der Waals surface area contributed by atoms with Gasteiger partial charge in [0.25, 0.3) is 0 Å². The second-order valence-electron chi connectivity index (χ2n) is 7.34. The summed E-state index contributed by atoms with van der Waals surface area (Å²) in [5.41, 5.74) is 7.12. The monoisotopic (exact) mass is 400 g/mol. The lowest BCUT2D eigenvalue weighted by Crippen LogP contribution is -2.47. The Hall–Kier alpha value is -2.90. The van der Waals surface area contributed by atoms with Crippen LogP contribution in [-0.2, 0) is 11.2 Å². The van der Waals surface area contributed by atoms with Crippen molar-refractivity contribution in [1.82, 2.24) is 20.0 Å². The van der Waals surface area contributed by atoms with Gasteiger partial charge < -0.3 is 16.0 Å². The van der Waals surface area contributed by atoms with Crippen molar-refractivity contribution in [2.45, 2.75) is 32.6 Å². The Morgan fingerprint density at radius 1 is 1.34 bits per heavy atom. The molecule has 0 radical (unpaired) electrons. The number of nitrogens with zero attached hydrogens (tertiary/aromatic N) is 4. The minimum Gasteiger partial charge on any atom is -0.370 e. The van der Waals surface area contributed by atoms with Crippen LogP contribution in [0.1, 0.15) is 31.9 Å². The van der Waals surface area contributed by atoms with Gasteiger partial charge in [0, 0.05) is 45.2 Å².